The molecule has 2 heterocycles. The van der Waals surface area contributed by atoms with E-state index in [1.54, 1.807) is 0 Å². The van der Waals surface area contributed by atoms with Crippen LogP contribution >= 0.6 is 0 Å². The number of piperidine rings is 1. The molecule has 0 bridgehead atoms. The molecule has 2 aliphatic heterocycles. The zero-order chi connectivity index (χ0) is 16.6. The van der Waals surface area contributed by atoms with Gasteiger partial charge in [-0.25, -0.2) is 0 Å². The molecule has 0 radical (unpaired) electrons. The predicted octanol–water partition coefficient (Wildman–Crippen LogP) is 4.29. The molecule has 2 aliphatic rings. The van der Waals surface area contributed by atoms with Crippen molar-refractivity contribution in [1.82, 2.24) is 4.90 Å². The molecule has 122 valence electrons. The highest BCUT2D eigenvalue weighted by molar-refractivity contribution is 5.52. The van der Waals surface area contributed by atoms with Gasteiger partial charge in [0.15, 0.2) is 0 Å². The smallest absolute Gasteiger partial charge is 0.131 e. The van der Waals surface area contributed by atoms with Crippen molar-refractivity contribution in [3.8, 4) is 17.6 Å². The number of phenols is 1. The van der Waals surface area contributed by atoms with Gasteiger partial charge in [-0.3, -0.25) is 4.90 Å². The van der Waals surface area contributed by atoms with Gasteiger partial charge in [0.05, 0.1) is 5.56 Å². The molecular formula is C21H27NO. The Balaban J connectivity index is 1.91. The van der Waals surface area contributed by atoms with Crippen molar-refractivity contribution in [3.05, 3.63) is 41.0 Å². The second kappa shape index (κ2) is 6.42. The van der Waals surface area contributed by atoms with Crippen LogP contribution in [0.3, 0.4) is 0 Å². The van der Waals surface area contributed by atoms with Crippen molar-refractivity contribution in [2.75, 3.05) is 13.1 Å². The molecule has 2 unspecified atom stereocenters. The van der Waals surface area contributed by atoms with Gasteiger partial charge in [0.25, 0.3) is 0 Å². The fourth-order valence-electron chi connectivity index (χ4n) is 4.12. The number of hydrogen-bond donors (Lipinski definition) is 1. The van der Waals surface area contributed by atoms with E-state index in [4.69, 9.17) is 0 Å². The van der Waals surface area contributed by atoms with Crippen LogP contribution in [0.4, 0.5) is 0 Å². The summed E-state index contributed by atoms with van der Waals surface area (Å²) >= 11 is 0. The molecule has 1 saturated heterocycles. The van der Waals surface area contributed by atoms with E-state index in [1.807, 2.05) is 13.0 Å². The first-order valence-electron chi connectivity index (χ1n) is 8.69. The van der Waals surface area contributed by atoms with Crippen LogP contribution in [-0.4, -0.2) is 23.1 Å². The van der Waals surface area contributed by atoms with E-state index in [0.29, 0.717) is 23.6 Å². The van der Waals surface area contributed by atoms with Gasteiger partial charge in [0.1, 0.15) is 5.75 Å². The summed E-state index contributed by atoms with van der Waals surface area (Å²) in [5.41, 5.74) is 4.77. The van der Waals surface area contributed by atoms with Gasteiger partial charge in [-0.1, -0.05) is 31.9 Å². The summed E-state index contributed by atoms with van der Waals surface area (Å²) in [6.07, 6.45) is 3.28. The Morgan fingerprint density at radius 3 is 2.87 bits per heavy atom. The third kappa shape index (κ3) is 3.16. The Hall–Kier alpha value is -1.72. The summed E-state index contributed by atoms with van der Waals surface area (Å²) in [6.45, 7) is 13.0. The van der Waals surface area contributed by atoms with Crippen molar-refractivity contribution >= 4 is 0 Å². The maximum absolute atomic E-state index is 10.2. The molecule has 23 heavy (non-hydrogen) atoms. The minimum absolute atomic E-state index is 0.318. The lowest BCUT2D eigenvalue weighted by Crippen LogP contribution is -2.43. The predicted molar refractivity (Wildman–Crippen MR) is 95.4 cm³/mol. The summed E-state index contributed by atoms with van der Waals surface area (Å²) in [5, 5.41) is 10.2. The monoisotopic (exact) mass is 309 g/mol. The first kappa shape index (κ1) is 16.1. The third-order valence-electron chi connectivity index (χ3n) is 5.23. The van der Waals surface area contributed by atoms with Crippen LogP contribution in [0, 0.1) is 23.7 Å². The molecule has 2 atom stereocenters. The van der Waals surface area contributed by atoms with Gasteiger partial charge >= 0.3 is 0 Å². The van der Waals surface area contributed by atoms with E-state index < -0.39 is 0 Å². The quantitative estimate of drug-likeness (QED) is 0.651. The van der Waals surface area contributed by atoms with Crippen LogP contribution in [0.25, 0.3) is 0 Å². The van der Waals surface area contributed by atoms with Crippen LogP contribution in [0.1, 0.15) is 56.3 Å². The molecule has 0 aliphatic carbocycles. The van der Waals surface area contributed by atoms with Crippen LogP contribution in [0.15, 0.2) is 24.3 Å². The lowest BCUT2D eigenvalue weighted by molar-refractivity contribution is 0.124. The van der Waals surface area contributed by atoms with Gasteiger partial charge in [-0.05, 0) is 61.3 Å². The SMILES string of the molecule is C=C1CC2c3cc(C#CC)c(O)cc3CCN2CC1CC(C)C. The number of fused-ring (bicyclic) bond motifs is 3. The van der Waals surface area contributed by atoms with Gasteiger partial charge < -0.3 is 5.11 Å². The number of nitrogens with zero attached hydrogens (tertiary/aromatic N) is 1. The van der Waals surface area contributed by atoms with Crippen molar-refractivity contribution < 1.29 is 5.11 Å². The number of benzene rings is 1. The highest BCUT2D eigenvalue weighted by atomic mass is 16.3. The third-order valence-corrected chi connectivity index (χ3v) is 5.23. The molecule has 0 spiro atoms. The van der Waals surface area contributed by atoms with Crippen LogP contribution in [0.5, 0.6) is 5.75 Å². The summed E-state index contributed by atoms with van der Waals surface area (Å²) in [7, 11) is 0. The lowest BCUT2D eigenvalue weighted by atomic mass is 9.78. The van der Waals surface area contributed by atoms with E-state index in [0.717, 1.165) is 31.5 Å². The van der Waals surface area contributed by atoms with E-state index >= 15 is 0 Å². The maximum atomic E-state index is 10.2. The average molecular weight is 309 g/mol. The average Bonchev–Trinajstić information content (AvgIpc) is 2.49. The summed E-state index contributed by atoms with van der Waals surface area (Å²) in [4.78, 5) is 2.62. The largest absolute Gasteiger partial charge is 0.507 e. The minimum Gasteiger partial charge on any atom is -0.507 e. The van der Waals surface area contributed by atoms with E-state index in [-0.39, 0.29) is 0 Å². The van der Waals surface area contributed by atoms with E-state index in [2.05, 4.69) is 43.2 Å². The van der Waals surface area contributed by atoms with Gasteiger partial charge in [0.2, 0.25) is 0 Å². The zero-order valence-corrected chi connectivity index (χ0v) is 14.5. The maximum Gasteiger partial charge on any atom is 0.131 e. The topological polar surface area (TPSA) is 23.5 Å². The first-order chi connectivity index (χ1) is 11.0. The Morgan fingerprint density at radius 2 is 2.17 bits per heavy atom. The second-order valence-corrected chi connectivity index (χ2v) is 7.39. The van der Waals surface area contributed by atoms with E-state index in [9.17, 15) is 5.11 Å². The number of phenolic OH excluding ortho intramolecular Hbond substituents is 1. The van der Waals surface area contributed by atoms with Crippen molar-refractivity contribution in [2.45, 2.75) is 46.1 Å². The summed E-state index contributed by atoms with van der Waals surface area (Å²) in [5.74, 6) is 7.59. The molecule has 1 aromatic carbocycles. The summed E-state index contributed by atoms with van der Waals surface area (Å²) in [6, 6.07) is 4.44. The van der Waals surface area contributed by atoms with Crippen LogP contribution < -0.4 is 0 Å². The fourth-order valence-corrected chi connectivity index (χ4v) is 4.12. The molecule has 0 aromatic heterocycles. The fraction of sp³-hybridized carbons (Fsp3) is 0.524. The number of hydrogen-bond acceptors (Lipinski definition) is 2. The molecule has 2 heteroatoms. The highest BCUT2D eigenvalue weighted by Crippen LogP contribution is 2.43. The Bertz CT molecular complexity index is 677. The summed E-state index contributed by atoms with van der Waals surface area (Å²) < 4.78 is 0. The zero-order valence-electron chi connectivity index (χ0n) is 14.5. The Kier molecular flexibility index (Phi) is 4.50. The van der Waals surface area contributed by atoms with Crippen LogP contribution in [0.2, 0.25) is 0 Å². The van der Waals surface area contributed by atoms with Crippen molar-refractivity contribution in [3.63, 3.8) is 0 Å². The van der Waals surface area contributed by atoms with Crippen molar-refractivity contribution in [1.29, 1.82) is 0 Å². The molecule has 0 saturated carbocycles. The molecular weight excluding hydrogens is 282 g/mol. The highest BCUT2D eigenvalue weighted by Gasteiger charge is 2.35. The molecule has 3 rings (SSSR count). The Labute approximate surface area is 140 Å². The van der Waals surface area contributed by atoms with Gasteiger partial charge in [0, 0.05) is 19.1 Å². The molecule has 0 amide bonds. The van der Waals surface area contributed by atoms with Crippen molar-refractivity contribution in [2.24, 2.45) is 11.8 Å². The molecule has 1 N–H and O–H groups in total. The number of aromatic hydroxyl groups is 1. The lowest BCUT2D eigenvalue weighted by Gasteiger charge is -2.45. The second-order valence-electron chi connectivity index (χ2n) is 7.39. The molecule has 2 nitrogen and oxygen atoms in total. The minimum atomic E-state index is 0.318. The van der Waals surface area contributed by atoms with Gasteiger partial charge in [-0.15, -0.1) is 5.92 Å². The van der Waals surface area contributed by atoms with Crippen LogP contribution in [-0.2, 0) is 6.42 Å². The standard InChI is InChI=1S/C21H27NO/c1-5-6-17-11-19-16(12-21(17)23)7-8-22-13-18(9-14(2)3)15(4)10-20(19)22/h11-12,14,18,20,23H,4,7-10,13H2,1-3H3. The number of rotatable bonds is 2. The molecule has 1 fully saturated rings. The molecule has 1 aromatic rings. The van der Waals surface area contributed by atoms with Gasteiger partial charge in [-0.2, -0.15) is 0 Å². The Morgan fingerprint density at radius 1 is 1.39 bits per heavy atom. The van der Waals surface area contributed by atoms with E-state index in [1.165, 1.54) is 23.1 Å². The first-order valence-corrected chi connectivity index (χ1v) is 8.69. The normalized spacial score (nSPS) is 23.9.